The number of hydrogen-bond acceptors (Lipinski definition) is 2. The summed E-state index contributed by atoms with van der Waals surface area (Å²) in [5.41, 5.74) is 6.14. The zero-order valence-corrected chi connectivity index (χ0v) is 21.3. The summed E-state index contributed by atoms with van der Waals surface area (Å²) in [4.78, 5) is 2.44. The lowest BCUT2D eigenvalue weighted by atomic mass is 9.77. The van der Waals surface area contributed by atoms with Gasteiger partial charge in [-0.15, -0.1) is 0 Å². The molecule has 2 aromatic rings. The molecule has 0 aliphatic carbocycles. The predicted octanol–water partition coefficient (Wildman–Crippen LogP) is 7.47. The van der Waals surface area contributed by atoms with Crippen LogP contribution in [0.4, 0.5) is 11.4 Å². The summed E-state index contributed by atoms with van der Waals surface area (Å²) >= 11 is 6.38. The van der Waals surface area contributed by atoms with Crippen molar-refractivity contribution in [2.45, 2.75) is 59.3 Å². The van der Waals surface area contributed by atoms with Crippen molar-refractivity contribution < 1.29 is 9.31 Å². The number of methoxy groups -OCH3 is 1. The van der Waals surface area contributed by atoms with E-state index in [1.807, 2.05) is 6.07 Å². The highest BCUT2D eigenvalue weighted by Gasteiger charge is 2.46. The molecule has 1 heterocycles. The van der Waals surface area contributed by atoms with Gasteiger partial charge in [-0.2, -0.15) is 4.58 Å². The third-order valence-electron chi connectivity index (χ3n) is 6.71. The quantitative estimate of drug-likeness (QED) is 0.346. The van der Waals surface area contributed by atoms with E-state index in [1.54, 1.807) is 7.11 Å². The van der Waals surface area contributed by atoms with Crippen molar-refractivity contribution in [1.82, 2.24) is 0 Å². The first-order valence-corrected chi connectivity index (χ1v) is 12.4. The zero-order valence-electron chi connectivity index (χ0n) is 20.5. The van der Waals surface area contributed by atoms with Gasteiger partial charge in [0.05, 0.1) is 12.5 Å². The van der Waals surface area contributed by atoms with Gasteiger partial charge in [0.25, 0.3) is 0 Å². The van der Waals surface area contributed by atoms with Crippen molar-refractivity contribution in [3.8, 4) is 5.75 Å². The summed E-state index contributed by atoms with van der Waals surface area (Å²) in [6, 6.07) is 12.9. The number of ether oxygens (including phenoxy) is 1. The molecule has 1 unspecified atom stereocenters. The van der Waals surface area contributed by atoms with Gasteiger partial charge in [0.15, 0.2) is 5.71 Å². The molecule has 1 aliphatic heterocycles. The number of hydrogen-bond donors (Lipinski definition) is 0. The molecule has 1 atom stereocenters. The Morgan fingerprint density at radius 1 is 1.00 bits per heavy atom. The smallest absolute Gasteiger partial charge is 0.209 e. The van der Waals surface area contributed by atoms with Gasteiger partial charge >= 0.3 is 0 Å². The fraction of sp³-hybridized carbons (Fsp3) is 0.464. The van der Waals surface area contributed by atoms with Crippen LogP contribution < -0.4 is 9.64 Å². The van der Waals surface area contributed by atoms with E-state index in [9.17, 15) is 0 Å². The normalized spacial score (nSPS) is 17.8. The Morgan fingerprint density at radius 3 is 2.31 bits per heavy atom. The first-order valence-electron chi connectivity index (χ1n) is 12.0. The summed E-state index contributed by atoms with van der Waals surface area (Å²) in [5, 5.41) is 0.797. The van der Waals surface area contributed by atoms with Crippen molar-refractivity contribution in [3.05, 3.63) is 58.6 Å². The lowest BCUT2D eigenvalue weighted by molar-refractivity contribution is -0.433. The van der Waals surface area contributed by atoms with E-state index in [0.29, 0.717) is 0 Å². The van der Waals surface area contributed by atoms with Crippen LogP contribution in [0.15, 0.2) is 42.5 Å². The fourth-order valence-corrected chi connectivity index (χ4v) is 5.02. The van der Waals surface area contributed by atoms with Gasteiger partial charge in [0.1, 0.15) is 12.3 Å². The molecule has 0 bridgehead atoms. The highest BCUT2D eigenvalue weighted by Crippen LogP contribution is 2.43. The average molecular weight is 454 g/mol. The largest absolute Gasteiger partial charge is 0.496 e. The zero-order chi connectivity index (χ0) is 23.3. The standard InChI is InChI=1S/C28H38ClN2O/c1-7-17-30(18-8-2)23-14-11-21(26(20-23)32-6)12-16-27-28(5,9-3)24-19-22(29)13-15-25(24)31(27)10-4/h11-16,19-20H,7-10,17-18H2,1-6H3/q+1. The monoisotopic (exact) mass is 453 g/mol. The Balaban J connectivity index is 2.00. The molecule has 0 aromatic heterocycles. The Hall–Kier alpha value is -2.26. The molecule has 2 aromatic carbocycles. The highest BCUT2D eigenvalue weighted by atomic mass is 35.5. The number of rotatable bonds is 10. The maximum atomic E-state index is 6.38. The summed E-state index contributed by atoms with van der Waals surface area (Å²) in [7, 11) is 1.76. The molecule has 0 saturated heterocycles. The van der Waals surface area contributed by atoms with Crippen LogP contribution in [0.2, 0.25) is 5.02 Å². The Bertz CT molecular complexity index is 1000. The van der Waals surface area contributed by atoms with Gasteiger partial charge in [-0.05, 0) is 63.5 Å². The van der Waals surface area contributed by atoms with Gasteiger partial charge in [0.2, 0.25) is 5.69 Å². The van der Waals surface area contributed by atoms with Crippen LogP contribution in [-0.2, 0) is 5.41 Å². The fourth-order valence-electron chi connectivity index (χ4n) is 4.85. The van der Waals surface area contributed by atoms with Crippen LogP contribution in [0.25, 0.3) is 6.08 Å². The number of nitrogens with zero attached hydrogens (tertiary/aromatic N) is 2. The third-order valence-corrected chi connectivity index (χ3v) is 6.95. The topological polar surface area (TPSA) is 15.5 Å². The lowest BCUT2D eigenvalue weighted by Crippen LogP contribution is -2.30. The molecule has 32 heavy (non-hydrogen) atoms. The second kappa shape index (κ2) is 10.6. The SMILES string of the molecule is CCCN(CCC)c1ccc(/C=C/C2=[N+](CC)c3ccc(Cl)cc3C2(C)CC)c(OC)c1. The molecule has 4 heteroatoms. The summed E-state index contributed by atoms with van der Waals surface area (Å²) in [5.74, 6) is 0.913. The van der Waals surface area contributed by atoms with Crippen LogP contribution in [-0.4, -0.2) is 37.0 Å². The van der Waals surface area contributed by atoms with E-state index in [2.05, 4.69) is 86.6 Å². The maximum Gasteiger partial charge on any atom is 0.209 e. The van der Waals surface area contributed by atoms with Gasteiger partial charge in [-0.25, -0.2) is 0 Å². The number of benzene rings is 2. The van der Waals surface area contributed by atoms with Crippen molar-refractivity contribution in [2.24, 2.45) is 0 Å². The molecule has 0 fully saturated rings. The first kappa shape index (κ1) is 24.4. The Kier molecular flexibility index (Phi) is 8.05. The minimum Gasteiger partial charge on any atom is -0.496 e. The maximum absolute atomic E-state index is 6.38. The van der Waals surface area contributed by atoms with Crippen LogP contribution in [0.5, 0.6) is 5.75 Å². The molecular formula is C28H38ClN2O+. The van der Waals surface area contributed by atoms with Gasteiger partial charge in [-0.1, -0.05) is 32.4 Å². The predicted molar refractivity (Wildman–Crippen MR) is 139 cm³/mol. The van der Waals surface area contributed by atoms with E-state index < -0.39 is 0 Å². The molecule has 3 rings (SSSR count). The van der Waals surface area contributed by atoms with Crippen molar-refractivity contribution in [1.29, 1.82) is 0 Å². The summed E-state index contributed by atoms with van der Waals surface area (Å²) in [6.45, 7) is 14.3. The number of allylic oxidation sites excluding steroid dienone is 1. The van der Waals surface area contributed by atoms with Crippen molar-refractivity contribution in [3.63, 3.8) is 0 Å². The molecule has 0 amide bonds. The van der Waals surface area contributed by atoms with Crippen molar-refractivity contribution >= 4 is 34.8 Å². The number of anilines is 1. The third kappa shape index (κ3) is 4.59. The summed E-state index contributed by atoms with van der Waals surface area (Å²) in [6.07, 6.45) is 7.75. The number of fused-ring (bicyclic) bond motifs is 1. The average Bonchev–Trinajstić information content (AvgIpc) is 3.04. The van der Waals surface area contributed by atoms with Crippen molar-refractivity contribution in [2.75, 3.05) is 31.6 Å². The Labute approximate surface area is 199 Å². The van der Waals surface area contributed by atoms with E-state index in [0.717, 1.165) is 55.2 Å². The summed E-state index contributed by atoms with van der Waals surface area (Å²) < 4.78 is 8.21. The second-order valence-electron chi connectivity index (χ2n) is 8.72. The second-order valence-corrected chi connectivity index (χ2v) is 9.16. The van der Waals surface area contributed by atoms with Gasteiger partial charge in [0, 0.05) is 53.1 Å². The first-order chi connectivity index (χ1) is 15.4. The minimum absolute atomic E-state index is 0.0705. The molecule has 3 nitrogen and oxygen atoms in total. The minimum atomic E-state index is -0.0705. The molecule has 0 spiro atoms. The van der Waals surface area contributed by atoms with Crippen LogP contribution >= 0.6 is 11.6 Å². The molecule has 0 N–H and O–H groups in total. The van der Waals surface area contributed by atoms with Gasteiger partial charge < -0.3 is 9.64 Å². The van der Waals surface area contributed by atoms with E-state index in [-0.39, 0.29) is 5.41 Å². The van der Waals surface area contributed by atoms with Crippen LogP contribution in [0, 0.1) is 0 Å². The van der Waals surface area contributed by atoms with Crippen LogP contribution in [0.1, 0.15) is 65.0 Å². The lowest BCUT2D eigenvalue weighted by Gasteiger charge is -2.24. The van der Waals surface area contributed by atoms with E-state index >= 15 is 0 Å². The molecular weight excluding hydrogens is 416 g/mol. The van der Waals surface area contributed by atoms with Gasteiger partial charge in [-0.3, -0.25) is 0 Å². The molecule has 172 valence electrons. The van der Waals surface area contributed by atoms with E-state index in [4.69, 9.17) is 16.3 Å². The van der Waals surface area contributed by atoms with Crippen LogP contribution in [0.3, 0.4) is 0 Å². The van der Waals surface area contributed by atoms with E-state index in [1.165, 1.54) is 22.6 Å². The molecule has 1 aliphatic rings. The molecule has 0 saturated carbocycles. The number of halogens is 1. The molecule has 0 radical (unpaired) electrons. The highest BCUT2D eigenvalue weighted by molar-refractivity contribution is 6.30. The Morgan fingerprint density at radius 2 is 1.72 bits per heavy atom.